The Kier molecular flexibility index (Phi) is 4.13. The Bertz CT molecular complexity index is 470. The summed E-state index contributed by atoms with van der Waals surface area (Å²) in [5.74, 6) is 0.0744. The number of nitrogens with one attached hydrogen (secondary N) is 1. The topological polar surface area (TPSA) is 80.0 Å². The summed E-state index contributed by atoms with van der Waals surface area (Å²) in [5, 5.41) is 17.2. The summed E-state index contributed by atoms with van der Waals surface area (Å²) in [7, 11) is 0. The molecule has 20 heavy (non-hydrogen) atoms. The number of nitrogens with zero attached hydrogens (tertiary/aromatic N) is 3. The van der Waals surface area contributed by atoms with Crippen LogP contribution in [0.25, 0.3) is 0 Å². The lowest BCUT2D eigenvalue weighted by Crippen LogP contribution is -2.36. The zero-order chi connectivity index (χ0) is 14.8. The van der Waals surface area contributed by atoms with Gasteiger partial charge in [0.1, 0.15) is 6.33 Å². The Hall–Kier alpha value is -1.43. The molecule has 0 unspecified atom stereocenters. The first-order valence-electron chi connectivity index (χ1n) is 7.23. The van der Waals surface area contributed by atoms with Gasteiger partial charge in [-0.2, -0.15) is 0 Å². The SMILES string of the molecule is CC(C)(C)n1cnc(NC(=O)CC2(O)CCCCC2)n1. The maximum absolute atomic E-state index is 12.0. The Morgan fingerprint density at radius 3 is 2.60 bits per heavy atom. The van der Waals surface area contributed by atoms with E-state index in [1.54, 1.807) is 11.0 Å². The fourth-order valence-corrected chi connectivity index (χ4v) is 2.50. The number of hydrogen-bond acceptors (Lipinski definition) is 4. The molecule has 1 aromatic heterocycles. The van der Waals surface area contributed by atoms with Gasteiger partial charge in [0.15, 0.2) is 0 Å². The van der Waals surface area contributed by atoms with E-state index >= 15 is 0 Å². The van der Waals surface area contributed by atoms with Gasteiger partial charge in [0.05, 0.1) is 17.6 Å². The van der Waals surface area contributed by atoms with Crippen molar-refractivity contribution in [2.24, 2.45) is 0 Å². The van der Waals surface area contributed by atoms with Gasteiger partial charge < -0.3 is 5.11 Å². The van der Waals surface area contributed by atoms with Crippen LogP contribution < -0.4 is 5.32 Å². The third kappa shape index (κ3) is 3.79. The average Bonchev–Trinajstić information content (AvgIpc) is 2.77. The first-order chi connectivity index (χ1) is 9.28. The smallest absolute Gasteiger partial charge is 0.248 e. The molecule has 0 atom stereocenters. The highest BCUT2D eigenvalue weighted by Gasteiger charge is 2.32. The molecular formula is C14H24N4O2. The van der Waals surface area contributed by atoms with Crippen molar-refractivity contribution in [1.82, 2.24) is 14.8 Å². The number of aromatic nitrogens is 3. The molecule has 2 N–H and O–H groups in total. The molecule has 1 aliphatic carbocycles. The molecule has 112 valence electrons. The molecule has 2 rings (SSSR count). The van der Waals surface area contributed by atoms with Crippen LogP contribution in [-0.2, 0) is 10.3 Å². The van der Waals surface area contributed by atoms with Crippen molar-refractivity contribution in [3.05, 3.63) is 6.33 Å². The normalized spacial score (nSPS) is 18.8. The van der Waals surface area contributed by atoms with Crippen molar-refractivity contribution < 1.29 is 9.90 Å². The summed E-state index contributed by atoms with van der Waals surface area (Å²) in [4.78, 5) is 16.1. The Labute approximate surface area is 119 Å². The van der Waals surface area contributed by atoms with Crippen LogP contribution in [0.4, 0.5) is 5.95 Å². The fourth-order valence-electron chi connectivity index (χ4n) is 2.50. The summed E-state index contributed by atoms with van der Waals surface area (Å²) < 4.78 is 1.71. The fraction of sp³-hybridized carbons (Fsp3) is 0.786. The number of hydrogen-bond donors (Lipinski definition) is 2. The van der Waals surface area contributed by atoms with Crippen molar-refractivity contribution in [3.63, 3.8) is 0 Å². The molecule has 1 aliphatic rings. The van der Waals surface area contributed by atoms with Gasteiger partial charge in [-0.15, -0.1) is 5.10 Å². The average molecular weight is 280 g/mol. The van der Waals surface area contributed by atoms with Gasteiger partial charge in [-0.3, -0.25) is 10.1 Å². The highest BCUT2D eigenvalue weighted by molar-refractivity contribution is 5.89. The number of carbonyl (C=O) groups is 1. The number of amides is 1. The van der Waals surface area contributed by atoms with Crippen LogP contribution in [0.1, 0.15) is 59.3 Å². The second-order valence-electron chi connectivity index (χ2n) is 6.69. The van der Waals surface area contributed by atoms with E-state index in [0.717, 1.165) is 19.3 Å². The quantitative estimate of drug-likeness (QED) is 0.888. The predicted molar refractivity (Wildman–Crippen MR) is 76.3 cm³/mol. The van der Waals surface area contributed by atoms with Gasteiger partial charge in [0, 0.05) is 0 Å². The zero-order valence-electron chi connectivity index (χ0n) is 12.5. The first kappa shape index (κ1) is 15.0. The summed E-state index contributed by atoms with van der Waals surface area (Å²) >= 11 is 0. The van der Waals surface area contributed by atoms with E-state index < -0.39 is 5.60 Å². The molecular weight excluding hydrogens is 256 g/mol. The molecule has 0 radical (unpaired) electrons. The molecule has 1 amide bonds. The van der Waals surface area contributed by atoms with Crippen molar-refractivity contribution in [2.45, 2.75) is 70.4 Å². The highest BCUT2D eigenvalue weighted by Crippen LogP contribution is 2.30. The van der Waals surface area contributed by atoms with Crippen LogP contribution in [0, 0.1) is 0 Å². The maximum Gasteiger partial charge on any atom is 0.248 e. The number of anilines is 1. The Morgan fingerprint density at radius 1 is 1.40 bits per heavy atom. The van der Waals surface area contributed by atoms with Crippen LogP contribution in [0.2, 0.25) is 0 Å². The minimum Gasteiger partial charge on any atom is -0.389 e. The second-order valence-corrected chi connectivity index (χ2v) is 6.69. The predicted octanol–water partition coefficient (Wildman–Crippen LogP) is 2.06. The molecule has 0 aromatic carbocycles. The van der Waals surface area contributed by atoms with E-state index in [1.165, 1.54) is 0 Å². The molecule has 0 spiro atoms. The molecule has 0 aliphatic heterocycles. The van der Waals surface area contributed by atoms with Crippen LogP contribution in [0.15, 0.2) is 6.33 Å². The van der Waals surface area contributed by atoms with Crippen molar-refractivity contribution in [3.8, 4) is 0 Å². The monoisotopic (exact) mass is 280 g/mol. The minimum absolute atomic E-state index is 0.122. The Balaban J connectivity index is 1.93. The van der Waals surface area contributed by atoms with Crippen molar-refractivity contribution in [1.29, 1.82) is 0 Å². The minimum atomic E-state index is -0.852. The summed E-state index contributed by atoms with van der Waals surface area (Å²) in [6, 6.07) is 0. The standard InChI is InChI=1S/C14H24N4O2/c1-13(2,3)18-10-15-12(17-18)16-11(19)9-14(20)7-5-4-6-8-14/h10,20H,4-9H2,1-3H3,(H,16,17,19). The van der Waals surface area contributed by atoms with Crippen LogP contribution >= 0.6 is 0 Å². The third-order valence-corrected chi connectivity index (χ3v) is 3.70. The van der Waals surface area contributed by atoms with E-state index in [1.807, 2.05) is 20.8 Å². The molecule has 0 bridgehead atoms. The second kappa shape index (κ2) is 5.52. The lowest BCUT2D eigenvalue weighted by molar-refractivity contribution is -0.122. The molecule has 1 saturated carbocycles. The van der Waals surface area contributed by atoms with E-state index in [0.29, 0.717) is 18.8 Å². The Morgan fingerprint density at radius 2 is 2.05 bits per heavy atom. The zero-order valence-corrected chi connectivity index (χ0v) is 12.5. The van der Waals surface area contributed by atoms with Gasteiger partial charge in [-0.05, 0) is 33.6 Å². The van der Waals surface area contributed by atoms with Gasteiger partial charge >= 0.3 is 0 Å². The van der Waals surface area contributed by atoms with Gasteiger partial charge in [-0.1, -0.05) is 19.3 Å². The molecule has 1 aromatic rings. The van der Waals surface area contributed by atoms with E-state index in [4.69, 9.17) is 0 Å². The molecule has 1 fully saturated rings. The van der Waals surface area contributed by atoms with E-state index in [2.05, 4.69) is 15.4 Å². The van der Waals surface area contributed by atoms with E-state index in [9.17, 15) is 9.90 Å². The largest absolute Gasteiger partial charge is 0.389 e. The molecule has 6 heteroatoms. The van der Waals surface area contributed by atoms with Gasteiger partial charge in [-0.25, -0.2) is 9.67 Å². The molecule has 6 nitrogen and oxygen atoms in total. The van der Waals surface area contributed by atoms with Crippen molar-refractivity contribution >= 4 is 11.9 Å². The molecule has 0 saturated heterocycles. The van der Waals surface area contributed by atoms with E-state index in [-0.39, 0.29) is 17.9 Å². The summed E-state index contributed by atoms with van der Waals surface area (Å²) in [6.07, 6.45) is 6.24. The lowest BCUT2D eigenvalue weighted by atomic mass is 9.82. The third-order valence-electron chi connectivity index (χ3n) is 3.70. The van der Waals surface area contributed by atoms with Gasteiger partial charge in [0.25, 0.3) is 0 Å². The molecule has 1 heterocycles. The summed E-state index contributed by atoms with van der Waals surface area (Å²) in [5.41, 5.74) is -1.02. The highest BCUT2D eigenvalue weighted by atomic mass is 16.3. The number of carbonyl (C=O) groups excluding carboxylic acids is 1. The maximum atomic E-state index is 12.0. The lowest BCUT2D eigenvalue weighted by Gasteiger charge is -2.31. The van der Waals surface area contributed by atoms with Crippen LogP contribution in [0.3, 0.4) is 0 Å². The van der Waals surface area contributed by atoms with Crippen LogP contribution in [-0.4, -0.2) is 31.4 Å². The first-order valence-corrected chi connectivity index (χ1v) is 7.23. The van der Waals surface area contributed by atoms with Gasteiger partial charge in [0.2, 0.25) is 11.9 Å². The number of aliphatic hydroxyl groups is 1. The van der Waals surface area contributed by atoms with Crippen LogP contribution in [0.5, 0.6) is 0 Å². The summed E-state index contributed by atoms with van der Waals surface area (Å²) in [6.45, 7) is 6.04. The number of rotatable bonds is 3. The van der Waals surface area contributed by atoms with Crippen molar-refractivity contribution in [2.75, 3.05) is 5.32 Å².